The average Bonchev–Trinajstić information content (AvgIpc) is 2.66. The summed E-state index contributed by atoms with van der Waals surface area (Å²) in [4.78, 5) is 6.30. The number of halogens is 1. The van der Waals surface area contributed by atoms with E-state index in [4.69, 9.17) is 5.73 Å². The number of unbranched alkanes of at least 4 members (excludes halogenated alkanes) is 5. The van der Waals surface area contributed by atoms with E-state index in [0.29, 0.717) is 44.1 Å². The van der Waals surface area contributed by atoms with Crippen LogP contribution in [0.3, 0.4) is 0 Å². The highest BCUT2D eigenvalue weighted by Gasteiger charge is 2.19. The zero-order valence-electron chi connectivity index (χ0n) is 16.6. The molecule has 0 aromatic heterocycles. The molecule has 1 aliphatic heterocycles. The Kier molecular flexibility index (Phi) is 9.39. The van der Waals surface area contributed by atoms with Crippen molar-refractivity contribution in [3.63, 3.8) is 0 Å². The van der Waals surface area contributed by atoms with Crippen LogP contribution in [0.5, 0.6) is 0 Å². The molecule has 2 rings (SSSR count). The predicted molar refractivity (Wildman–Crippen MR) is 111 cm³/mol. The second kappa shape index (κ2) is 11.8. The quantitative estimate of drug-likeness (QED) is 0.331. The topological polar surface area (TPSA) is 73.9 Å². The van der Waals surface area contributed by atoms with Crippen LogP contribution in [-0.2, 0) is 6.54 Å². The van der Waals surface area contributed by atoms with E-state index < -0.39 is 0 Å². The van der Waals surface area contributed by atoms with Crippen LogP contribution in [0.25, 0.3) is 0 Å². The summed E-state index contributed by atoms with van der Waals surface area (Å²) >= 11 is 0. The summed E-state index contributed by atoms with van der Waals surface area (Å²) in [5.74, 6) is 0.177. The van der Waals surface area contributed by atoms with Gasteiger partial charge in [0.15, 0.2) is 5.96 Å². The number of rotatable bonds is 10. The first-order valence-electron chi connectivity index (χ1n) is 10.4. The van der Waals surface area contributed by atoms with E-state index in [-0.39, 0.29) is 11.9 Å². The van der Waals surface area contributed by atoms with Crippen molar-refractivity contribution in [2.45, 2.75) is 70.9 Å². The van der Waals surface area contributed by atoms with Gasteiger partial charge in [-0.15, -0.1) is 0 Å². The Morgan fingerprint density at radius 2 is 1.93 bits per heavy atom. The lowest BCUT2D eigenvalue weighted by Crippen LogP contribution is -2.36. The standard InChI is InChI=1S/C21H35FN4O/c1-2-3-4-5-6-7-12-24-21(23)25-16-17-8-9-20(19(22)15-17)26-13-10-18(27)11-14-26/h8-9,15,18,27H,2-7,10-14,16H2,1H3,(H3,23,24,25). The fraction of sp³-hybridized carbons (Fsp3) is 0.667. The van der Waals surface area contributed by atoms with Crippen molar-refractivity contribution in [2.75, 3.05) is 24.5 Å². The van der Waals surface area contributed by atoms with Gasteiger partial charge in [0.25, 0.3) is 0 Å². The van der Waals surface area contributed by atoms with Crippen LogP contribution in [0.1, 0.15) is 63.9 Å². The number of hydrogen-bond acceptors (Lipinski definition) is 3. The number of nitrogens with one attached hydrogen (secondary N) is 1. The van der Waals surface area contributed by atoms with Crippen LogP contribution in [0.2, 0.25) is 0 Å². The molecule has 0 bridgehead atoms. The van der Waals surface area contributed by atoms with Crippen LogP contribution >= 0.6 is 0 Å². The van der Waals surface area contributed by atoms with Gasteiger partial charge in [0.1, 0.15) is 5.82 Å². The summed E-state index contributed by atoms with van der Waals surface area (Å²) in [6, 6.07) is 5.23. The second-order valence-corrected chi connectivity index (χ2v) is 7.40. The normalized spacial score (nSPS) is 16.0. The largest absolute Gasteiger partial charge is 0.393 e. The number of nitrogens with two attached hydrogens (primary N) is 1. The average molecular weight is 379 g/mol. The summed E-state index contributed by atoms with van der Waals surface area (Å²) in [6.07, 6.45) is 8.57. The molecule has 1 heterocycles. The van der Waals surface area contributed by atoms with Crippen LogP contribution in [0, 0.1) is 5.82 Å². The molecule has 0 saturated carbocycles. The molecule has 0 atom stereocenters. The summed E-state index contributed by atoms with van der Waals surface area (Å²) in [7, 11) is 0. The smallest absolute Gasteiger partial charge is 0.188 e. The number of hydrogen-bond donors (Lipinski definition) is 3. The van der Waals surface area contributed by atoms with Crippen molar-refractivity contribution >= 4 is 11.6 Å². The fourth-order valence-corrected chi connectivity index (χ4v) is 3.37. The Bertz CT molecular complexity index is 586. The molecule has 4 N–H and O–H groups in total. The van der Waals surface area contributed by atoms with Gasteiger partial charge in [0.2, 0.25) is 0 Å². The molecule has 6 heteroatoms. The molecule has 0 spiro atoms. The van der Waals surface area contributed by atoms with Crippen LogP contribution in [-0.4, -0.2) is 36.8 Å². The summed E-state index contributed by atoms with van der Waals surface area (Å²) in [5.41, 5.74) is 7.30. The molecule has 1 fully saturated rings. The van der Waals surface area contributed by atoms with Crippen LogP contribution < -0.4 is 16.0 Å². The van der Waals surface area contributed by atoms with Crippen LogP contribution in [0.15, 0.2) is 23.2 Å². The number of benzene rings is 1. The molecule has 1 aromatic rings. The molecule has 5 nitrogen and oxygen atoms in total. The number of aliphatic hydroxyl groups is 1. The SMILES string of the molecule is CCCCCCCCNC(N)=NCc1ccc(N2CCC(O)CC2)c(F)c1. The Morgan fingerprint density at radius 1 is 1.22 bits per heavy atom. The minimum atomic E-state index is -0.260. The Morgan fingerprint density at radius 3 is 2.63 bits per heavy atom. The van der Waals surface area contributed by atoms with Gasteiger partial charge in [-0.25, -0.2) is 9.38 Å². The first kappa shape index (κ1) is 21.5. The van der Waals surface area contributed by atoms with Crippen molar-refractivity contribution in [2.24, 2.45) is 10.7 Å². The van der Waals surface area contributed by atoms with Gasteiger partial charge in [0.05, 0.1) is 18.3 Å². The lowest BCUT2D eigenvalue weighted by Gasteiger charge is -2.31. The highest BCUT2D eigenvalue weighted by Crippen LogP contribution is 2.24. The molecule has 1 aromatic carbocycles. The van der Waals surface area contributed by atoms with Gasteiger partial charge in [-0.05, 0) is 37.0 Å². The third-order valence-electron chi connectivity index (χ3n) is 5.09. The lowest BCUT2D eigenvalue weighted by atomic mass is 10.1. The third kappa shape index (κ3) is 7.75. The van der Waals surface area contributed by atoms with Crippen LogP contribution in [0.4, 0.5) is 10.1 Å². The van der Waals surface area contributed by atoms with E-state index in [9.17, 15) is 9.50 Å². The molecule has 0 aliphatic carbocycles. The predicted octanol–water partition coefficient (Wildman–Crippen LogP) is 3.55. The van der Waals surface area contributed by atoms with Crippen molar-refractivity contribution in [1.82, 2.24) is 5.32 Å². The van der Waals surface area contributed by atoms with E-state index in [1.165, 1.54) is 38.2 Å². The van der Waals surface area contributed by atoms with Gasteiger partial charge >= 0.3 is 0 Å². The molecule has 0 amide bonds. The maximum atomic E-state index is 14.4. The third-order valence-corrected chi connectivity index (χ3v) is 5.09. The van der Waals surface area contributed by atoms with E-state index in [0.717, 1.165) is 18.5 Å². The molecule has 27 heavy (non-hydrogen) atoms. The Labute approximate surface area is 162 Å². The van der Waals surface area contributed by atoms with Crippen molar-refractivity contribution in [3.05, 3.63) is 29.6 Å². The maximum absolute atomic E-state index is 14.4. The van der Waals surface area contributed by atoms with E-state index >= 15 is 0 Å². The number of aliphatic hydroxyl groups excluding tert-OH is 1. The molecule has 1 aliphatic rings. The van der Waals surface area contributed by atoms with Gasteiger partial charge in [-0.2, -0.15) is 0 Å². The molecule has 1 saturated heterocycles. The van der Waals surface area contributed by atoms with Crippen molar-refractivity contribution in [3.8, 4) is 0 Å². The highest BCUT2D eigenvalue weighted by molar-refractivity contribution is 5.77. The van der Waals surface area contributed by atoms with Crippen molar-refractivity contribution in [1.29, 1.82) is 0 Å². The lowest BCUT2D eigenvalue weighted by molar-refractivity contribution is 0.145. The maximum Gasteiger partial charge on any atom is 0.188 e. The van der Waals surface area contributed by atoms with E-state index in [1.807, 2.05) is 11.0 Å². The summed E-state index contributed by atoms with van der Waals surface area (Å²) in [5, 5.41) is 12.7. The van der Waals surface area contributed by atoms with Crippen molar-refractivity contribution < 1.29 is 9.50 Å². The Balaban J connectivity index is 1.73. The van der Waals surface area contributed by atoms with E-state index in [2.05, 4.69) is 17.2 Å². The summed E-state index contributed by atoms with van der Waals surface area (Å²) in [6.45, 7) is 4.79. The highest BCUT2D eigenvalue weighted by atomic mass is 19.1. The number of anilines is 1. The molecule has 152 valence electrons. The zero-order valence-corrected chi connectivity index (χ0v) is 16.6. The molecular formula is C21H35FN4O. The minimum absolute atomic E-state index is 0.238. The second-order valence-electron chi connectivity index (χ2n) is 7.40. The zero-order chi connectivity index (χ0) is 19.5. The number of guanidine groups is 1. The first-order valence-corrected chi connectivity index (χ1v) is 10.4. The van der Waals surface area contributed by atoms with Gasteiger partial charge in [0, 0.05) is 19.6 Å². The minimum Gasteiger partial charge on any atom is -0.393 e. The molecule has 0 unspecified atom stereocenters. The Hall–Kier alpha value is -1.82. The fourth-order valence-electron chi connectivity index (χ4n) is 3.37. The molecule has 0 radical (unpaired) electrons. The molecular weight excluding hydrogens is 343 g/mol. The van der Waals surface area contributed by atoms with Gasteiger partial charge in [-0.1, -0.05) is 45.1 Å². The number of nitrogens with zero attached hydrogens (tertiary/aromatic N) is 2. The monoisotopic (exact) mass is 378 g/mol. The summed E-state index contributed by atoms with van der Waals surface area (Å²) < 4.78 is 14.4. The first-order chi connectivity index (χ1) is 13.1. The van der Waals surface area contributed by atoms with E-state index in [1.54, 1.807) is 6.07 Å². The number of aliphatic imine (C=N–C) groups is 1. The number of piperidine rings is 1. The van der Waals surface area contributed by atoms with Gasteiger partial charge < -0.3 is 21.1 Å². The van der Waals surface area contributed by atoms with Gasteiger partial charge in [-0.3, -0.25) is 0 Å².